The summed E-state index contributed by atoms with van der Waals surface area (Å²) in [6, 6.07) is 8.53. The maximum Gasteiger partial charge on any atom is 0.272 e. The van der Waals surface area contributed by atoms with Gasteiger partial charge in [0.15, 0.2) is 9.84 Å². The van der Waals surface area contributed by atoms with E-state index >= 15 is 0 Å². The molecule has 8 nitrogen and oxygen atoms in total. The molecule has 9 heteroatoms. The molecule has 0 spiro atoms. The van der Waals surface area contributed by atoms with Gasteiger partial charge in [-0.25, -0.2) is 18.4 Å². The van der Waals surface area contributed by atoms with Gasteiger partial charge in [-0.3, -0.25) is 4.79 Å². The van der Waals surface area contributed by atoms with Crippen LogP contribution in [0.4, 0.5) is 11.6 Å². The summed E-state index contributed by atoms with van der Waals surface area (Å²) in [5, 5.41) is 3.07. The molecule has 0 radical (unpaired) electrons. The number of carbonyl (C=O) groups excluding carboxylic acids is 1. The summed E-state index contributed by atoms with van der Waals surface area (Å²) in [4.78, 5) is 22.9. The van der Waals surface area contributed by atoms with E-state index in [0.29, 0.717) is 18.1 Å². The van der Waals surface area contributed by atoms with E-state index in [1.807, 2.05) is 12.1 Å². The van der Waals surface area contributed by atoms with Gasteiger partial charge in [-0.1, -0.05) is 0 Å². The maximum atomic E-state index is 12.8. The lowest BCUT2D eigenvalue weighted by Gasteiger charge is -2.23. The highest BCUT2D eigenvalue weighted by Gasteiger charge is 2.33. The molecule has 2 heterocycles. The molecule has 1 atom stereocenters. The normalized spacial score (nSPS) is 18.1. The maximum absolute atomic E-state index is 12.8. The minimum atomic E-state index is -3.07. The van der Waals surface area contributed by atoms with Gasteiger partial charge in [-0.05, 0) is 43.7 Å². The van der Waals surface area contributed by atoms with Crippen LogP contribution in [0.1, 0.15) is 22.6 Å². The number of amides is 1. The van der Waals surface area contributed by atoms with Crippen LogP contribution in [0.25, 0.3) is 0 Å². The van der Waals surface area contributed by atoms with Crippen molar-refractivity contribution >= 4 is 27.4 Å². The van der Waals surface area contributed by atoms with Crippen LogP contribution in [-0.4, -0.2) is 60.9 Å². The monoisotopic (exact) mass is 390 g/mol. The average molecular weight is 390 g/mol. The van der Waals surface area contributed by atoms with Crippen molar-refractivity contribution in [1.29, 1.82) is 0 Å². The lowest BCUT2D eigenvalue weighted by atomic mass is 10.2. The molecular formula is C18H22N4O4S. The van der Waals surface area contributed by atoms with E-state index in [0.717, 1.165) is 11.4 Å². The van der Waals surface area contributed by atoms with Gasteiger partial charge in [0.25, 0.3) is 5.91 Å². The van der Waals surface area contributed by atoms with Gasteiger partial charge in [0.1, 0.15) is 11.4 Å². The number of carbonyl (C=O) groups is 1. The van der Waals surface area contributed by atoms with Crippen molar-refractivity contribution in [1.82, 2.24) is 14.9 Å². The van der Waals surface area contributed by atoms with Crippen molar-refractivity contribution in [2.45, 2.75) is 19.4 Å². The molecule has 2 aromatic rings. The summed E-state index contributed by atoms with van der Waals surface area (Å²) in [6.45, 7) is 1.78. The van der Waals surface area contributed by atoms with Gasteiger partial charge in [0.2, 0.25) is 5.95 Å². The van der Waals surface area contributed by atoms with Crippen LogP contribution in [0.2, 0.25) is 0 Å². The fourth-order valence-electron chi connectivity index (χ4n) is 2.96. The Morgan fingerprint density at radius 2 is 1.96 bits per heavy atom. The van der Waals surface area contributed by atoms with Gasteiger partial charge in [-0.15, -0.1) is 0 Å². The molecule has 1 N–H and O–H groups in total. The molecule has 0 saturated carbocycles. The minimum Gasteiger partial charge on any atom is -0.497 e. The Bertz CT molecular complexity index is 944. The van der Waals surface area contributed by atoms with Gasteiger partial charge in [-0.2, -0.15) is 0 Å². The second-order valence-corrected chi connectivity index (χ2v) is 8.77. The van der Waals surface area contributed by atoms with Crippen LogP contribution < -0.4 is 10.1 Å². The van der Waals surface area contributed by atoms with Crippen LogP contribution in [0.3, 0.4) is 0 Å². The lowest BCUT2D eigenvalue weighted by molar-refractivity contribution is 0.0741. The fourth-order valence-corrected chi connectivity index (χ4v) is 4.74. The molecule has 144 valence electrons. The third kappa shape index (κ3) is 4.54. The summed E-state index contributed by atoms with van der Waals surface area (Å²) >= 11 is 0. The number of aromatic nitrogens is 2. The predicted molar refractivity (Wildman–Crippen MR) is 102 cm³/mol. The topological polar surface area (TPSA) is 101 Å². The molecule has 0 aliphatic carbocycles. The van der Waals surface area contributed by atoms with Crippen LogP contribution >= 0.6 is 0 Å². The van der Waals surface area contributed by atoms with Gasteiger partial charge >= 0.3 is 0 Å². The molecule has 1 saturated heterocycles. The lowest BCUT2D eigenvalue weighted by Crippen LogP contribution is -2.38. The van der Waals surface area contributed by atoms with E-state index in [1.54, 1.807) is 39.3 Å². The zero-order valence-electron chi connectivity index (χ0n) is 15.5. The number of anilines is 2. The highest BCUT2D eigenvalue weighted by molar-refractivity contribution is 7.91. The zero-order valence-corrected chi connectivity index (χ0v) is 16.3. The smallest absolute Gasteiger partial charge is 0.272 e. The highest BCUT2D eigenvalue weighted by Crippen LogP contribution is 2.20. The fraction of sp³-hybridized carbons (Fsp3) is 0.389. The number of hydrogen-bond acceptors (Lipinski definition) is 7. The van der Waals surface area contributed by atoms with Crippen molar-refractivity contribution in [2.24, 2.45) is 0 Å². The first-order chi connectivity index (χ1) is 12.8. The number of nitrogens with one attached hydrogen (secondary N) is 1. The molecule has 1 fully saturated rings. The molecule has 1 aromatic carbocycles. The Balaban J connectivity index is 1.78. The molecule has 1 amide bonds. The summed E-state index contributed by atoms with van der Waals surface area (Å²) < 4.78 is 28.5. The largest absolute Gasteiger partial charge is 0.497 e. The number of rotatable bonds is 5. The van der Waals surface area contributed by atoms with Crippen molar-refractivity contribution in [3.63, 3.8) is 0 Å². The number of ether oxygens (including phenoxy) is 1. The first kappa shape index (κ1) is 19.1. The van der Waals surface area contributed by atoms with Gasteiger partial charge < -0.3 is 15.0 Å². The second kappa shape index (κ2) is 7.51. The molecular weight excluding hydrogens is 368 g/mol. The van der Waals surface area contributed by atoms with Gasteiger partial charge in [0.05, 0.1) is 18.6 Å². The molecule has 3 rings (SSSR count). The Kier molecular flexibility index (Phi) is 5.31. The molecule has 1 aliphatic heterocycles. The summed E-state index contributed by atoms with van der Waals surface area (Å²) in [6.07, 6.45) is 0.450. The Morgan fingerprint density at radius 1 is 1.26 bits per heavy atom. The number of nitrogens with zero attached hydrogens (tertiary/aromatic N) is 3. The second-order valence-electron chi connectivity index (χ2n) is 6.54. The average Bonchev–Trinajstić information content (AvgIpc) is 3.00. The van der Waals surface area contributed by atoms with Crippen LogP contribution in [-0.2, 0) is 9.84 Å². The standard InChI is InChI=1S/C18H22N4O4S/c1-12-10-16(17(23)22(2)14-8-9-27(24,25)11-14)21-18(19-12)20-13-4-6-15(26-3)7-5-13/h4-7,10,14H,8-9,11H2,1-3H3,(H,19,20,21). The molecule has 1 aromatic heterocycles. The molecule has 1 unspecified atom stereocenters. The number of hydrogen-bond donors (Lipinski definition) is 1. The van der Waals surface area contributed by atoms with Crippen molar-refractivity contribution in [3.05, 3.63) is 41.7 Å². The van der Waals surface area contributed by atoms with Crippen LogP contribution in [0, 0.1) is 6.92 Å². The summed E-state index contributed by atoms with van der Waals surface area (Å²) in [7, 11) is 0.138. The van der Waals surface area contributed by atoms with Crippen molar-refractivity contribution in [3.8, 4) is 5.75 Å². The first-order valence-electron chi connectivity index (χ1n) is 8.52. The number of benzene rings is 1. The summed E-state index contributed by atoms with van der Waals surface area (Å²) in [5.41, 5.74) is 1.62. The van der Waals surface area contributed by atoms with E-state index in [2.05, 4.69) is 15.3 Å². The predicted octanol–water partition coefficient (Wildman–Crippen LogP) is 1.80. The quantitative estimate of drug-likeness (QED) is 0.830. The highest BCUT2D eigenvalue weighted by atomic mass is 32.2. The molecule has 1 aliphatic rings. The van der Waals surface area contributed by atoms with Crippen LogP contribution in [0.15, 0.2) is 30.3 Å². The third-order valence-corrected chi connectivity index (χ3v) is 6.25. The Hall–Kier alpha value is -2.68. The minimum absolute atomic E-state index is 0.00371. The number of sulfone groups is 1. The summed E-state index contributed by atoms with van der Waals surface area (Å²) in [5.74, 6) is 0.824. The van der Waals surface area contributed by atoms with E-state index in [1.165, 1.54) is 4.90 Å². The molecule has 0 bridgehead atoms. The van der Waals surface area contributed by atoms with E-state index in [4.69, 9.17) is 4.74 Å². The molecule has 27 heavy (non-hydrogen) atoms. The Labute approximate surface area is 158 Å². The SMILES string of the molecule is COc1ccc(Nc2nc(C)cc(C(=O)N(C)C3CCS(=O)(=O)C3)n2)cc1. The van der Waals surface area contributed by atoms with Crippen molar-refractivity contribution < 1.29 is 17.9 Å². The number of methoxy groups -OCH3 is 1. The van der Waals surface area contributed by atoms with E-state index < -0.39 is 9.84 Å². The van der Waals surface area contributed by atoms with Crippen LogP contribution in [0.5, 0.6) is 5.75 Å². The van der Waals surface area contributed by atoms with E-state index in [9.17, 15) is 13.2 Å². The number of aryl methyl sites for hydroxylation is 1. The third-order valence-electron chi connectivity index (χ3n) is 4.50. The van der Waals surface area contributed by atoms with Gasteiger partial charge in [0, 0.05) is 24.5 Å². The first-order valence-corrected chi connectivity index (χ1v) is 10.3. The van der Waals surface area contributed by atoms with Crippen molar-refractivity contribution in [2.75, 3.05) is 31.0 Å². The van der Waals surface area contributed by atoms with E-state index in [-0.39, 0.29) is 29.1 Å². The zero-order chi connectivity index (χ0) is 19.6. The Morgan fingerprint density at radius 3 is 2.56 bits per heavy atom.